The van der Waals surface area contributed by atoms with Gasteiger partial charge in [0.05, 0.1) is 12.5 Å². The Morgan fingerprint density at radius 2 is 2.00 bits per heavy atom. The lowest BCUT2D eigenvalue weighted by Gasteiger charge is -2.37. The minimum atomic E-state index is -0.0641. The van der Waals surface area contributed by atoms with E-state index in [0.29, 0.717) is 24.5 Å². The van der Waals surface area contributed by atoms with Crippen molar-refractivity contribution in [1.29, 1.82) is 0 Å². The van der Waals surface area contributed by atoms with Crippen LogP contribution in [0.4, 0.5) is 0 Å². The molecule has 1 amide bonds. The van der Waals surface area contributed by atoms with Crippen molar-refractivity contribution in [2.45, 2.75) is 57.2 Å². The van der Waals surface area contributed by atoms with Gasteiger partial charge in [-0.3, -0.25) is 9.48 Å². The van der Waals surface area contributed by atoms with Crippen LogP contribution in [0.25, 0.3) is 0 Å². The summed E-state index contributed by atoms with van der Waals surface area (Å²) in [5.74, 6) is 0.596. The molecule has 1 unspecified atom stereocenters. The molecule has 5 heteroatoms. The number of hydrogen-bond acceptors (Lipinski definition) is 3. The van der Waals surface area contributed by atoms with E-state index in [1.54, 1.807) is 6.20 Å². The monoisotopic (exact) mass is 380 g/mol. The maximum absolute atomic E-state index is 13.5. The summed E-state index contributed by atoms with van der Waals surface area (Å²) in [6, 6.07) is 13.4. The number of likely N-dealkylation sites (N-methyl/N-ethyl adjacent to an activating group) is 1. The van der Waals surface area contributed by atoms with Crippen LogP contribution in [-0.4, -0.2) is 57.7 Å². The third kappa shape index (κ3) is 3.86. The lowest BCUT2D eigenvalue weighted by Crippen LogP contribution is -2.49. The predicted molar refractivity (Wildman–Crippen MR) is 111 cm³/mol. The molecule has 150 valence electrons. The topological polar surface area (TPSA) is 41.4 Å². The lowest BCUT2D eigenvalue weighted by molar-refractivity contribution is -0.137. The number of amides is 1. The van der Waals surface area contributed by atoms with Crippen molar-refractivity contribution in [3.63, 3.8) is 0 Å². The van der Waals surface area contributed by atoms with Crippen molar-refractivity contribution >= 4 is 5.91 Å². The Morgan fingerprint density at radius 1 is 1.18 bits per heavy atom. The van der Waals surface area contributed by atoms with Gasteiger partial charge in [0.1, 0.15) is 0 Å². The molecule has 2 saturated heterocycles. The molecule has 2 aromatic rings. The molecule has 2 aliphatic rings. The second-order valence-corrected chi connectivity index (χ2v) is 8.52. The molecule has 4 rings (SSSR count). The summed E-state index contributed by atoms with van der Waals surface area (Å²) in [7, 11) is 2.25. The molecule has 28 heavy (non-hydrogen) atoms. The van der Waals surface area contributed by atoms with Crippen LogP contribution in [0.5, 0.6) is 0 Å². The number of likely N-dealkylation sites (tertiary alicyclic amines) is 2. The van der Waals surface area contributed by atoms with Gasteiger partial charge in [0, 0.05) is 36.9 Å². The summed E-state index contributed by atoms with van der Waals surface area (Å²) in [6.07, 6.45) is 8.55. The molecule has 0 saturated carbocycles. The van der Waals surface area contributed by atoms with Crippen molar-refractivity contribution in [3.8, 4) is 0 Å². The third-order valence-electron chi connectivity index (χ3n) is 6.57. The highest BCUT2D eigenvalue weighted by atomic mass is 16.2. The summed E-state index contributed by atoms with van der Waals surface area (Å²) in [4.78, 5) is 18.2. The first-order valence-electron chi connectivity index (χ1n) is 10.7. The lowest BCUT2D eigenvalue weighted by atomic mass is 9.87. The molecule has 4 atom stereocenters. The SMILES string of the molecule is CC(Cn1cccn1)C(=O)N1C[C@@H](c2ccccc2)[C@H]2[C@H]1CCCCCN2C. The number of benzene rings is 1. The van der Waals surface area contributed by atoms with Crippen LogP contribution in [0.1, 0.15) is 44.1 Å². The summed E-state index contributed by atoms with van der Waals surface area (Å²) in [6.45, 7) is 4.63. The summed E-state index contributed by atoms with van der Waals surface area (Å²) >= 11 is 0. The van der Waals surface area contributed by atoms with Crippen LogP contribution in [0.3, 0.4) is 0 Å². The molecule has 0 radical (unpaired) electrons. The van der Waals surface area contributed by atoms with Gasteiger partial charge in [-0.25, -0.2) is 0 Å². The first-order valence-corrected chi connectivity index (χ1v) is 10.7. The van der Waals surface area contributed by atoms with Crippen molar-refractivity contribution in [2.75, 3.05) is 20.1 Å². The molecular formula is C23H32N4O. The predicted octanol–water partition coefficient (Wildman–Crippen LogP) is 3.39. The van der Waals surface area contributed by atoms with Gasteiger partial charge >= 0.3 is 0 Å². The number of fused-ring (bicyclic) bond motifs is 1. The Balaban J connectivity index is 1.60. The molecule has 3 heterocycles. The van der Waals surface area contributed by atoms with Gasteiger partial charge < -0.3 is 9.80 Å². The first kappa shape index (κ1) is 19.2. The van der Waals surface area contributed by atoms with E-state index in [2.05, 4.69) is 52.3 Å². The van der Waals surface area contributed by atoms with Crippen LogP contribution in [0, 0.1) is 5.92 Å². The Labute approximate surface area is 168 Å². The quantitative estimate of drug-likeness (QED) is 0.816. The number of aromatic nitrogens is 2. The van der Waals surface area contributed by atoms with Gasteiger partial charge in [-0.1, -0.05) is 50.1 Å². The van der Waals surface area contributed by atoms with Crippen molar-refractivity contribution in [2.24, 2.45) is 5.92 Å². The van der Waals surface area contributed by atoms with Gasteiger partial charge in [0.15, 0.2) is 0 Å². The highest BCUT2D eigenvalue weighted by Gasteiger charge is 2.46. The van der Waals surface area contributed by atoms with Crippen LogP contribution >= 0.6 is 0 Å². The second-order valence-electron chi connectivity index (χ2n) is 8.52. The zero-order valence-electron chi connectivity index (χ0n) is 17.1. The van der Waals surface area contributed by atoms with Crippen molar-refractivity contribution < 1.29 is 4.79 Å². The molecule has 0 bridgehead atoms. The molecule has 1 aromatic heterocycles. The van der Waals surface area contributed by atoms with E-state index in [9.17, 15) is 4.79 Å². The van der Waals surface area contributed by atoms with E-state index >= 15 is 0 Å². The highest BCUT2D eigenvalue weighted by Crippen LogP contribution is 2.39. The molecular weight excluding hydrogens is 348 g/mol. The van der Waals surface area contributed by atoms with Crippen LogP contribution in [-0.2, 0) is 11.3 Å². The molecule has 1 aromatic carbocycles. The maximum Gasteiger partial charge on any atom is 0.227 e. The fourth-order valence-electron chi connectivity index (χ4n) is 5.18. The number of hydrogen-bond donors (Lipinski definition) is 0. The van der Waals surface area contributed by atoms with E-state index in [-0.39, 0.29) is 11.8 Å². The Morgan fingerprint density at radius 3 is 2.75 bits per heavy atom. The van der Waals surface area contributed by atoms with E-state index in [1.807, 2.05) is 23.9 Å². The first-order chi connectivity index (χ1) is 13.6. The maximum atomic E-state index is 13.5. The minimum Gasteiger partial charge on any atom is -0.337 e. The van der Waals surface area contributed by atoms with Crippen LogP contribution < -0.4 is 0 Å². The number of nitrogens with zero attached hydrogens (tertiary/aromatic N) is 4. The van der Waals surface area contributed by atoms with Gasteiger partial charge in [-0.15, -0.1) is 0 Å². The fraction of sp³-hybridized carbons (Fsp3) is 0.565. The summed E-state index contributed by atoms with van der Waals surface area (Å²) in [5, 5.41) is 4.29. The van der Waals surface area contributed by atoms with Crippen LogP contribution in [0.2, 0.25) is 0 Å². The molecule has 0 N–H and O–H groups in total. The smallest absolute Gasteiger partial charge is 0.227 e. The van der Waals surface area contributed by atoms with Gasteiger partial charge in [-0.2, -0.15) is 5.10 Å². The fourth-order valence-corrected chi connectivity index (χ4v) is 5.18. The Kier molecular flexibility index (Phi) is 5.81. The highest BCUT2D eigenvalue weighted by molar-refractivity contribution is 5.79. The average molecular weight is 381 g/mol. The van der Waals surface area contributed by atoms with Crippen LogP contribution in [0.15, 0.2) is 48.8 Å². The molecule has 2 aliphatic heterocycles. The zero-order valence-corrected chi connectivity index (χ0v) is 17.1. The molecule has 0 spiro atoms. The standard InChI is InChI=1S/C23H32N4O/c1-18(16-26-15-9-13-24-26)23(28)27-17-20(19-10-5-3-6-11-19)22-21(27)12-7-4-8-14-25(22)2/h3,5-6,9-11,13,15,18,20-22H,4,7-8,12,14,16-17H2,1-2H3/t18?,20-,21+,22-/m0/s1. The molecule has 2 fully saturated rings. The van der Waals surface area contributed by atoms with E-state index < -0.39 is 0 Å². The number of carbonyl (C=O) groups is 1. The van der Waals surface area contributed by atoms with Gasteiger partial charge in [0.2, 0.25) is 5.91 Å². The number of rotatable bonds is 4. The summed E-state index contributed by atoms with van der Waals surface area (Å²) in [5.41, 5.74) is 1.36. The number of carbonyl (C=O) groups excluding carboxylic acids is 1. The van der Waals surface area contributed by atoms with Gasteiger partial charge in [-0.05, 0) is 38.1 Å². The molecule has 5 nitrogen and oxygen atoms in total. The minimum absolute atomic E-state index is 0.0641. The average Bonchev–Trinajstić information content (AvgIpc) is 3.33. The van der Waals surface area contributed by atoms with Gasteiger partial charge in [0.25, 0.3) is 0 Å². The van der Waals surface area contributed by atoms with Crippen molar-refractivity contribution in [1.82, 2.24) is 19.6 Å². The summed E-state index contributed by atoms with van der Waals surface area (Å²) < 4.78 is 1.87. The third-order valence-corrected chi connectivity index (χ3v) is 6.57. The molecule has 0 aliphatic carbocycles. The van der Waals surface area contributed by atoms with Crippen molar-refractivity contribution in [3.05, 3.63) is 54.4 Å². The zero-order chi connectivity index (χ0) is 19.5. The van der Waals surface area contributed by atoms with E-state index in [0.717, 1.165) is 19.5 Å². The largest absolute Gasteiger partial charge is 0.337 e. The van der Waals surface area contributed by atoms with E-state index in [1.165, 1.54) is 24.8 Å². The van der Waals surface area contributed by atoms with E-state index in [4.69, 9.17) is 0 Å². The Hall–Kier alpha value is -2.14. The normalized spacial score (nSPS) is 27.1. The second kappa shape index (κ2) is 8.48. The Bertz CT molecular complexity index is 760.